The molecule has 0 aliphatic carbocycles. The molecule has 0 bridgehead atoms. The summed E-state index contributed by atoms with van der Waals surface area (Å²) in [4.78, 5) is 10.7. The van der Waals surface area contributed by atoms with Gasteiger partial charge in [-0.3, -0.25) is 4.79 Å². The lowest BCUT2D eigenvalue weighted by Gasteiger charge is -2.13. The summed E-state index contributed by atoms with van der Waals surface area (Å²) >= 11 is 5.68. The molecule has 0 saturated carbocycles. The number of carboxylic acid groups (broad SMARTS) is 1. The van der Waals surface area contributed by atoms with Crippen LogP contribution in [0.4, 0.5) is 4.39 Å². The summed E-state index contributed by atoms with van der Waals surface area (Å²) in [5.41, 5.74) is -0.0677. The van der Waals surface area contributed by atoms with Crippen molar-refractivity contribution in [2.45, 2.75) is 12.8 Å². The molecule has 17 heavy (non-hydrogen) atoms. The van der Waals surface area contributed by atoms with Gasteiger partial charge in [-0.1, -0.05) is 11.6 Å². The fourth-order valence-electron chi connectivity index (χ4n) is 1.63. The fraction of sp³-hybridized carbons (Fsp3) is 0.364. The summed E-state index contributed by atoms with van der Waals surface area (Å²) in [6, 6.07) is 1.31. The van der Waals surface area contributed by atoms with Crippen molar-refractivity contribution in [2.24, 2.45) is 0 Å². The van der Waals surface area contributed by atoms with E-state index in [4.69, 9.17) is 26.2 Å². The van der Waals surface area contributed by atoms with Gasteiger partial charge in [-0.25, -0.2) is 4.39 Å². The van der Waals surface area contributed by atoms with Crippen molar-refractivity contribution in [3.8, 4) is 11.5 Å². The predicted molar refractivity (Wildman–Crippen MR) is 58.4 cm³/mol. The Morgan fingerprint density at radius 1 is 1.47 bits per heavy atom. The minimum absolute atomic E-state index is 0.0677. The second-order valence-electron chi connectivity index (χ2n) is 3.60. The molecule has 0 unspecified atom stereocenters. The molecule has 1 N–H and O–H groups in total. The van der Waals surface area contributed by atoms with E-state index in [0.717, 1.165) is 0 Å². The highest BCUT2D eigenvalue weighted by Crippen LogP contribution is 2.39. The Kier molecular flexibility index (Phi) is 3.38. The summed E-state index contributed by atoms with van der Waals surface area (Å²) < 4.78 is 24.4. The molecule has 0 radical (unpaired) electrons. The maximum absolute atomic E-state index is 13.8. The largest absolute Gasteiger partial charge is 0.489 e. The van der Waals surface area contributed by atoms with Gasteiger partial charge in [-0.05, 0) is 0 Å². The van der Waals surface area contributed by atoms with Crippen molar-refractivity contribution in [2.75, 3.05) is 13.2 Å². The summed E-state index contributed by atoms with van der Waals surface area (Å²) in [6.45, 7) is 0.794. The lowest BCUT2D eigenvalue weighted by Crippen LogP contribution is -2.07. The number of halogens is 2. The third kappa shape index (κ3) is 2.44. The molecule has 0 fully saturated rings. The number of carboxylic acids is 1. The second kappa shape index (κ2) is 4.79. The van der Waals surface area contributed by atoms with E-state index in [1.54, 1.807) is 0 Å². The van der Waals surface area contributed by atoms with Crippen molar-refractivity contribution in [1.29, 1.82) is 0 Å². The maximum Gasteiger partial charge on any atom is 0.308 e. The molecule has 1 heterocycles. The first-order valence-corrected chi connectivity index (χ1v) is 5.45. The summed E-state index contributed by atoms with van der Waals surface area (Å²) in [6.07, 6.45) is 0.165. The van der Waals surface area contributed by atoms with Gasteiger partial charge in [-0.15, -0.1) is 0 Å². The molecule has 0 spiro atoms. The Morgan fingerprint density at radius 3 is 2.88 bits per heavy atom. The van der Waals surface area contributed by atoms with E-state index in [0.29, 0.717) is 25.4 Å². The molecule has 0 saturated heterocycles. The molecular weight excluding hydrogens is 251 g/mol. The van der Waals surface area contributed by atoms with Gasteiger partial charge in [0.25, 0.3) is 0 Å². The summed E-state index contributed by atoms with van der Waals surface area (Å²) in [7, 11) is 0. The quantitative estimate of drug-likeness (QED) is 0.886. The Hall–Kier alpha value is -1.49. The molecule has 0 aromatic heterocycles. The van der Waals surface area contributed by atoms with Gasteiger partial charge in [0.15, 0.2) is 11.5 Å². The number of carbonyl (C=O) groups is 1. The predicted octanol–water partition coefficient (Wildman–Crippen LogP) is 2.27. The van der Waals surface area contributed by atoms with Crippen LogP contribution in [0.3, 0.4) is 0 Å². The Bertz CT molecular complexity index is 461. The number of ether oxygens (including phenoxy) is 2. The zero-order valence-electron chi connectivity index (χ0n) is 8.83. The highest BCUT2D eigenvalue weighted by atomic mass is 35.5. The smallest absolute Gasteiger partial charge is 0.308 e. The van der Waals surface area contributed by atoms with Crippen molar-refractivity contribution in [3.63, 3.8) is 0 Å². The van der Waals surface area contributed by atoms with E-state index in [2.05, 4.69) is 0 Å². The van der Waals surface area contributed by atoms with Gasteiger partial charge in [0.1, 0.15) is 5.82 Å². The first-order chi connectivity index (χ1) is 8.09. The molecule has 4 nitrogen and oxygen atoms in total. The average molecular weight is 261 g/mol. The lowest BCUT2D eigenvalue weighted by molar-refractivity contribution is -0.136. The van der Waals surface area contributed by atoms with E-state index in [1.165, 1.54) is 6.07 Å². The van der Waals surface area contributed by atoms with Gasteiger partial charge in [0, 0.05) is 18.1 Å². The molecule has 6 heteroatoms. The Labute approximate surface area is 102 Å². The van der Waals surface area contributed by atoms with Crippen LogP contribution < -0.4 is 9.47 Å². The van der Waals surface area contributed by atoms with Gasteiger partial charge in [0.2, 0.25) is 0 Å². The van der Waals surface area contributed by atoms with E-state index < -0.39 is 18.2 Å². The van der Waals surface area contributed by atoms with Gasteiger partial charge in [0.05, 0.1) is 24.7 Å². The van der Waals surface area contributed by atoms with Crippen LogP contribution in [0.1, 0.15) is 12.0 Å². The molecule has 1 aliphatic rings. The molecule has 1 aromatic carbocycles. The van der Waals surface area contributed by atoms with E-state index >= 15 is 0 Å². The van der Waals surface area contributed by atoms with Crippen molar-refractivity contribution >= 4 is 17.6 Å². The van der Waals surface area contributed by atoms with Crippen LogP contribution >= 0.6 is 11.6 Å². The number of rotatable bonds is 2. The number of hydrogen-bond donors (Lipinski definition) is 1. The highest BCUT2D eigenvalue weighted by molar-refractivity contribution is 6.31. The van der Waals surface area contributed by atoms with Crippen LogP contribution in [-0.4, -0.2) is 24.3 Å². The van der Waals surface area contributed by atoms with Gasteiger partial charge in [-0.2, -0.15) is 0 Å². The third-order valence-electron chi connectivity index (χ3n) is 2.35. The lowest BCUT2D eigenvalue weighted by atomic mass is 10.1. The van der Waals surface area contributed by atoms with Crippen molar-refractivity contribution < 1.29 is 23.8 Å². The zero-order chi connectivity index (χ0) is 12.4. The Balaban J connectivity index is 2.53. The van der Waals surface area contributed by atoms with Crippen LogP contribution in [-0.2, 0) is 11.2 Å². The zero-order valence-corrected chi connectivity index (χ0v) is 9.59. The van der Waals surface area contributed by atoms with Crippen molar-refractivity contribution in [1.82, 2.24) is 0 Å². The SMILES string of the molecule is O=C(O)Cc1c(F)c(Cl)cc2c1OCCCO2. The standard InChI is InChI=1S/C11H10ClFO4/c12-7-5-8-11(17-3-1-2-16-8)6(10(7)13)4-9(14)15/h5H,1-4H2,(H,14,15). The van der Waals surface area contributed by atoms with Crippen LogP contribution in [0, 0.1) is 5.82 Å². The van der Waals surface area contributed by atoms with Crippen LogP contribution in [0.2, 0.25) is 5.02 Å². The molecule has 92 valence electrons. The van der Waals surface area contributed by atoms with Crippen LogP contribution in [0.5, 0.6) is 11.5 Å². The summed E-state index contributed by atoms with van der Waals surface area (Å²) in [5, 5.41) is 8.59. The Morgan fingerprint density at radius 2 is 2.18 bits per heavy atom. The first kappa shape index (κ1) is 12.0. The van der Waals surface area contributed by atoms with E-state index in [-0.39, 0.29) is 16.3 Å². The van der Waals surface area contributed by atoms with Crippen LogP contribution in [0.25, 0.3) is 0 Å². The second-order valence-corrected chi connectivity index (χ2v) is 4.01. The molecular formula is C11H10ClFO4. The monoisotopic (exact) mass is 260 g/mol. The first-order valence-electron chi connectivity index (χ1n) is 5.08. The van der Waals surface area contributed by atoms with Gasteiger partial charge < -0.3 is 14.6 Å². The average Bonchev–Trinajstić information content (AvgIpc) is 2.49. The molecule has 0 atom stereocenters. The number of fused-ring (bicyclic) bond motifs is 1. The molecule has 0 amide bonds. The maximum atomic E-state index is 13.8. The number of hydrogen-bond acceptors (Lipinski definition) is 3. The van der Waals surface area contributed by atoms with Gasteiger partial charge >= 0.3 is 5.97 Å². The topological polar surface area (TPSA) is 55.8 Å². The fourth-order valence-corrected chi connectivity index (χ4v) is 1.84. The summed E-state index contributed by atoms with van der Waals surface area (Å²) in [5.74, 6) is -1.48. The molecule has 2 rings (SSSR count). The van der Waals surface area contributed by atoms with E-state index in [1.807, 2.05) is 0 Å². The number of benzene rings is 1. The minimum atomic E-state index is -1.15. The highest BCUT2D eigenvalue weighted by Gasteiger charge is 2.23. The minimum Gasteiger partial charge on any atom is -0.489 e. The van der Waals surface area contributed by atoms with Crippen LogP contribution in [0.15, 0.2) is 6.07 Å². The molecule has 1 aromatic rings. The third-order valence-corrected chi connectivity index (χ3v) is 2.63. The normalized spacial score (nSPS) is 14.2. The van der Waals surface area contributed by atoms with E-state index in [9.17, 15) is 9.18 Å². The number of aliphatic carboxylic acids is 1. The molecule has 1 aliphatic heterocycles. The van der Waals surface area contributed by atoms with Crippen molar-refractivity contribution in [3.05, 3.63) is 22.5 Å².